The third kappa shape index (κ3) is 3.74. The Hall–Kier alpha value is -2.08. The van der Waals surface area contributed by atoms with Crippen molar-refractivity contribution >= 4 is 82.6 Å². The van der Waals surface area contributed by atoms with Gasteiger partial charge in [0.25, 0.3) is 16.6 Å². The minimum atomic E-state index is -0.0857. The number of hydrogen-bond acceptors (Lipinski definition) is 8. The Bertz CT molecular complexity index is 1480. The lowest BCUT2D eigenvalue weighted by molar-refractivity contribution is -0.627. The minimum absolute atomic E-state index is 0.0148. The van der Waals surface area contributed by atoms with Crippen molar-refractivity contribution in [2.75, 3.05) is 25.9 Å². The Balaban J connectivity index is 1.68. The number of para-hydroxylation sites is 1. The summed E-state index contributed by atoms with van der Waals surface area (Å²) in [6, 6.07) is 8.18. The van der Waals surface area contributed by atoms with Crippen molar-refractivity contribution < 1.29 is 9.36 Å². The Labute approximate surface area is 207 Å². The van der Waals surface area contributed by atoms with Gasteiger partial charge in [-0.3, -0.25) is 19.1 Å². The maximum absolute atomic E-state index is 13.4. The summed E-state index contributed by atoms with van der Waals surface area (Å²) in [6.07, 6.45) is 0. The first-order chi connectivity index (χ1) is 15.9. The highest BCUT2D eigenvalue weighted by atomic mass is 32.2. The van der Waals surface area contributed by atoms with Crippen LogP contribution < -0.4 is 19.3 Å². The van der Waals surface area contributed by atoms with Gasteiger partial charge in [0.1, 0.15) is 19.6 Å². The number of hydrogen-bond donors (Lipinski definition) is 0. The first-order valence-corrected chi connectivity index (χ1v) is 14.2. The van der Waals surface area contributed by atoms with Gasteiger partial charge >= 0.3 is 5.13 Å². The third-order valence-corrected chi connectivity index (χ3v) is 10.5. The van der Waals surface area contributed by atoms with Crippen LogP contribution in [0, 0.1) is 0 Å². The van der Waals surface area contributed by atoms with Crippen LogP contribution in [0.4, 0.5) is 5.13 Å². The highest BCUT2D eigenvalue weighted by molar-refractivity contribution is 8.23. The molecule has 5 rings (SSSR count). The topological polar surface area (TPSA) is 61.8 Å². The number of rotatable bonds is 3. The van der Waals surface area contributed by atoms with Crippen LogP contribution in [0.5, 0.6) is 0 Å². The van der Waals surface area contributed by atoms with Gasteiger partial charge in [-0.05, 0) is 54.1 Å². The van der Waals surface area contributed by atoms with Crippen LogP contribution in [0.3, 0.4) is 0 Å². The molecule has 4 heterocycles. The lowest BCUT2D eigenvalue weighted by Crippen LogP contribution is -2.34. The molecule has 0 N–H and O–H groups in total. The highest BCUT2D eigenvalue weighted by Gasteiger charge is 2.38. The van der Waals surface area contributed by atoms with Gasteiger partial charge < -0.3 is 4.90 Å². The maximum atomic E-state index is 13.4. The van der Waals surface area contributed by atoms with Crippen LogP contribution in [0.15, 0.2) is 34.1 Å². The lowest BCUT2D eigenvalue weighted by atomic mass is 10.3. The predicted octanol–water partition coefficient (Wildman–Crippen LogP) is 2.10. The number of thioether (sulfide) groups is 2. The zero-order valence-corrected chi connectivity index (χ0v) is 22.1. The molecule has 0 unspecified atom stereocenters. The molecular formula is C22H24N5O2S4+. The lowest BCUT2D eigenvalue weighted by Gasteiger charge is -2.08. The smallest absolute Gasteiger partial charge is 0.367 e. The van der Waals surface area contributed by atoms with Gasteiger partial charge in [-0.2, -0.15) is 0 Å². The fraction of sp³-hybridized carbons (Fsp3) is 0.364. The van der Waals surface area contributed by atoms with Crippen LogP contribution in [-0.4, -0.2) is 51.3 Å². The molecule has 0 radical (unpaired) electrons. The third-order valence-electron chi connectivity index (χ3n) is 5.69. The molecule has 2 aromatic heterocycles. The number of aliphatic imine (C=N–C) groups is 1. The van der Waals surface area contributed by atoms with Gasteiger partial charge in [0.15, 0.2) is 0 Å². The first-order valence-electron chi connectivity index (χ1n) is 10.7. The second-order valence-corrected chi connectivity index (χ2v) is 11.7. The summed E-state index contributed by atoms with van der Waals surface area (Å²) in [6.45, 7) is 5.87. The Morgan fingerprint density at radius 1 is 1.12 bits per heavy atom. The molecule has 172 valence electrons. The summed E-state index contributed by atoms with van der Waals surface area (Å²) < 4.78 is 6.39. The molecule has 7 nitrogen and oxygen atoms in total. The van der Waals surface area contributed by atoms with Crippen LogP contribution in [0.25, 0.3) is 20.2 Å². The number of fused-ring (bicyclic) bond motifs is 1. The second-order valence-electron chi connectivity index (χ2n) is 7.65. The highest BCUT2D eigenvalue weighted by Crippen LogP contribution is 2.34. The Morgan fingerprint density at radius 3 is 2.58 bits per heavy atom. The standard InChI is InChI=1S/C22H24N5O2S4/c1-5-26-17(28)15(19-24(3)11-12-30-19)32-20(26)16-18(29)27(6-2)22(33-16)23-21-25(4)13-9-7-8-10-14(13)31-21/h7-10H,5-6,11-12H2,1-4H3/q+1. The average molecular weight is 519 g/mol. The van der Waals surface area contributed by atoms with Crippen molar-refractivity contribution in [3.63, 3.8) is 0 Å². The molecule has 0 spiro atoms. The molecule has 0 bridgehead atoms. The van der Waals surface area contributed by atoms with Crippen LogP contribution >= 0.6 is 46.2 Å². The molecule has 33 heavy (non-hydrogen) atoms. The number of aryl methyl sites for hydroxylation is 1. The van der Waals surface area contributed by atoms with Gasteiger partial charge in [-0.25, -0.2) is 4.57 Å². The van der Waals surface area contributed by atoms with Gasteiger partial charge in [-0.15, -0.1) is 23.1 Å². The van der Waals surface area contributed by atoms with Crippen molar-refractivity contribution in [1.29, 1.82) is 0 Å². The zero-order chi connectivity index (χ0) is 23.3. The molecular weight excluding hydrogens is 495 g/mol. The summed E-state index contributed by atoms with van der Waals surface area (Å²) >= 11 is 6.11. The molecule has 1 aromatic carbocycles. The van der Waals surface area contributed by atoms with E-state index in [-0.39, 0.29) is 11.5 Å². The van der Waals surface area contributed by atoms with Crippen LogP contribution in [-0.2, 0) is 18.4 Å². The molecule has 2 aliphatic heterocycles. The van der Waals surface area contributed by atoms with Gasteiger partial charge in [0.2, 0.25) is 0 Å². The number of nitrogens with zero attached hydrogens (tertiary/aromatic N) is 5. The summed E-state index contributed by atoms with van der Waals surface area (Å²) in [5.74, 6) is 0.888. The molecule has 0 atom stereocenters. The van der Waals surface area contributed by atoms with E-state index in [1.165, 1.54) is 23.1 Å². The summed E-state index contributed by atoms with van der Waals surface area (Å²) in [7, 11) is 4.01. The SMILES string of the molecule is CCN1C(=O)C(=c2sc(=C3SCCN3C)c(=O)n2CC)SC1=Nc1sc2ccccc2[n+]1C. The predicted molar refractivity (Wildman–Crippen MR) is 140 cm³/mol. The molecule has 0 aliphatic carbocycles. The van der Waals surface area contributed by atoms with Crippen LogP contribution in [0.1, 0.15) is 13.8 Å². The van der Waals surface area contributed by atoms with E-state index in [1.807, 2.05) is 40.1 Å². The molecule has 2 aliphatic rings. The minimum Gasteiger partial charge on any atom is -0.367 e. The van der Waals surface area contributed by atoms with E-state index in [4.69, 9.17) is 4.99 Å². The van der Waals surface area contributed by atoms with Crippen molar-refractivity contribution in [3.05, 3.63) is 43.8 Å². The number of thiazole rings is 2. The summed E-state index contributed by atoms with van der Waals surface area (Å²) in [5, 5.41) is 2.50. The molecule has 3 aromatic rings. The van der Waals surface area contributed by atoms with E-state index < -0.39 is 0 Å². The van der Waals surface area contributed by atoms with Crippen molar-refractivity contribution in [3.8, 4) is 0 Å². The number of aromatic nitrogens is 2. The van der Waals surface area contributed by atoms with E-state index in [0.717, 1.165) is 41.9 Å². The first kappa shape index (κ1) is 22.7. The Morgan fingerprint density at radius 2 is 1.91 bits per heavy atom. The fourth-order valence-electron chi connectivity index (χ4n) is 3.90. The van der Waals surface area contributed by atoms with Crippen molar-refractivity contribution in [2.45, 2.75) is 20.4 Å². The molecule has 11 heteroatoms. The molecule has 2 saturated heterocycles. The van der Waals surface area contributed by atoms with Crippen molar-refractivity contribution in [1.82, 2.24) is 14.4 Å². The molecule has 1 amide bonds. The van der Waals surface area contributed by atoms with Gasteiger partial charge in [-0.1, -0.05) is 12.1 Å². The second kappa shape index (κ2) is 8.94. The summed E-state index contributed by atoms with van der Waals surface area (Å²) in [4.78, 5) is 35.9. The number of amidine groups is 1. The molecule has 0 saturated carbocycles. The summed E-state index contributed by atoms with van der Waals surface area (Å²) in [5.41, 5.74) is 1.10. The fourth-order valence-corrected chi connectivity index (χ4v) is 8.78. The Kier molecular flexibility index (Phi) is 6.15. The van der Waals surface area contributed by atoms with Crippen LogP contribution in [0.2, 0.25) is 0 Å². The van der Waals surface area contributed by atoms with Gasteiger partial charge in [0, 0.05) is 32.4 Å². The number of carbonyl (C=O) groups is 1. The van der Waals surface area contributed by atoms with E-state index in [2.05, 4.69) is 21.6 Å². The van der Waals surface area contributed by atoms with E-state index in [1.54, 1.807) is 32.6 Å². The number of carbonyl (C=O) groups excluding carboxylic acids is 1. The zero-order valence-electron chi connectivity index (χ0n) is 18.8. The normalized spacial score (nSPS) is 21.3. The maximum Gasteiger partial charge on any atom is 0.385 e. The van der Waals surface area contributed by atoms with Gasteiger partial charge in [0.05, 0.1) is 16.8 Å². The van der Waals surface area contributed by atoms with Crippen molar-refractivity contribution in [2.24, 2.45) is 12.0 Å². The number of amides is 1. The average Bonchev–Trinajstić information content (AvgIpc) is 3.54. The number of benzene rings is 1. The largest absolute Gasteiger partial charge is 0.385 e. The van der Waals surface area contributed by atoms with E-state index in [0.29, 0.717) is 23.2 Å². The van der Waals surface area contributed by atoms with E-state index >= 15 is 0 Å². The molecule has 2 fully saturated rings. The monoisotopic (exact) mass is 518 g/mol. The quantitative estimate of drug-likeness (QED) is 0.497. The van der Waals surface area contributed by atoms with E-state index in [9.17, 15) is 9.59 Å².